The zero-order valence-electron chi connectivity index (χ0n) is 10.8. The lowest BCUT2D eigenvalue weighted by Gasteiger charge is -2.08. The lowest BCUT2D eigenvalue weighted by atomic mass is 10.4. The summed E-state index contributed by atoms with van der Waals surface area (Å²) in [5.74, 6) is 0.885. The van der Waals surface area contributed by atoms with Crippen LogP contribution in [0.15, 0.2) is 21.1 Å². The van der Waals surface area contributed by atoms with Gasteiger partial charge in [-0.1, -0.05) is 25.6 Å². The topological polar surface area (TPSA) is 55.6 Å². The van der Waals surface area contributed by atoms with Crippen molar-refractivity contribution < 1.29 is 0 Å². The molecule has 0 fully saturated rings. The first-order chi connectivity index (χ1) is 9.16. The molecule has 5 nitrogen and oxygen atoms in total. The second-order valence-corrected chi connectivity index (χ2v) is 7.07. The van der Waals surface area contributed by atoms with E-state index in [0.29, 0.717) is 6.04 Å². The van der Waals surface area contributed by atoms with E-state index in [1.54, 1.807) is 23.1 Å². The minimum absolute atomic E-state index is 0.481. The molecule has 2 rings (SSSR count). The number of rotatable bonds is 7. The Labute approximate surface area is 129 Å². The van der Waals surface area contributed by atoms with Crippen LogP contribution < -0.4 is 5.32 Å². The number of nitrogens with zero attached hydrogens (tertiary/aromatic N) is 4. The minimum atomic E-state index is 0.481. The minimum Gasteiger partial charge on any atom is -0.313 e. The van der Waals surface area contributed by atoms with Crippen LogP contribution in [0.5, 0.6) is 0 Å². The first-order valence-electron chi connectivity index (χ1n) is 6.01. The second-order valence-electron chi connectivity index (χ2n) is 4.27. The summed E-state index contributed by atoms with van der Waals surface area (Å²) < 4.78 is 3.01. The Bertz CT molecular complexity index is 511. The van der Waals surface area contributed by atoms with E-state index in [1.807, 2.05) is 4.68 Å². The molecule has 1 N–H and O–H groups in total. The zero-order valence-corrected chi connectivity index (χ0v) is 14.1. The summed E-state index contributed by atoms with van der Waals surface area (Å²) in [6, 6.07) is 2.55. The third-order valence-electron chi connectivity index (χ3n) is 2.40. The number of halogens is 1. The van der Waals surface area contributed by atoms with Gasteiger partial charge >= 0.3 is 0 Å². The van der Waals surface area contributed by atoms with Crippen LogP contribution in [0.2, 0.25) is 0 Å². The van der Waals surface area contributed by atoms with Crippen molar-refractivity contribution in [2.45, 2.75) is 37.3 Å². The number of hydrogen-bond donors (Lipinski definition) is 1. The number of thioether (sulfide) groups is 1. The predicted molar refractivity (Wildman–Crippen MR) is 82.5 cm³/mol. The van der Waals surface area contributed by atoms with Crippen molar-refractivity contribution in [3.63, 3.8) is 0 Å². The molecule has 0 amide bonds. The fraction of sp³-hybridized carbons (Fsp3) is 0.545. The number of hydrogen-bond acceptors (Lipinski definition) is 6. The maximum absolute atomic E-state index is 4.07. The van der Waals surface area contributed by atoms with E-state index in [0.717, 1.165) is 28.5 Å². The van der Waals surface area contributed by atoms with Crippen molar-refractivity contribution in [1.29, 1.82) is 0 Å². The zero-order chi connectivity index (χ0) is 13.7. The molecule has 8 heteroatoms. The Morgan fingerprint density at radius 1 is 1.53 bits per heavy atom. The van der Waals surface area contributed by atoms with Crippen LogP contribution in [0.25, 0.3) is 0 Å². The van der Waals surface area contributed by atoms with Gasteiger partial charge in [-0.05, 0) is 37.8 Å². The first kappa shape index (κ1) is 15.0. The maximum atomic E-state index is 4.07. The van der Waals surface area contributed by atoms with Crippen molar-refractivity contribution in [1.82, 2.24) is 25.5 Å². The van der Waals surface area contributed by atoms with E-state index in [1.165, 1.54) is 4.88 Å². The molecule has 104 valence electrons. The third-order valence-corrected chi connectivity index (χ3v) is 5.49. The normalized spacial score (nSPS) is 11.4. The van der Waals surface area contributed by atoms with E-state index in [-0.39, 0.29) is 0 Å². The highest BCUT2D eigenvalue weighted by Gasteiger charge is 2.09. The van der Waals surface area contributed by atoms with Crippen LogP contribution in [0.3, 0.4) is 0 Å². The second kappa shape index (κ2) is 7.37. The lowest BCUT2D eigenvalue weighted by Crippen LogP contribution is -2.27. The molecule has 0 saturated heterocycles. The summed E-state index contributed by atoms with van der Waals surface area (Å²) in [5.41, 5.74) is 0. The number of thiophene rings is 1. The van der Waals surface area contributed by atoms with Gasteiger partial charge in [0.05, 0.1) is 6.54 Å². The summed E-state index contributed by atoms with van der Waals surface area (Å²) in [6.45, 7) is 5.92. The fourth-order valence-electron chi connectivity index (χ4n) is 1.46. The summed E-state index contributed by atoms with van der Waals surface area (Å²) >= 11 is 6.94. The van der Waals surface area contributed by atoms with Crippen LogP contribution in [-0.4, -0.2) is 32.8 Å². The molecule has 19 heavy (non-hydrogen) atoms. The Kier molecular flexibility index (Phi) is 5.80. The smallest absolute Gasteiger partial charge is 0.209 e. The average Bonchev–Trinajstić information content (AvgIpc) is 2.95. The molecular weight excluding hydrogens is 346 g/mol. The van der Waals surface area contributed by atoms with E-state index < -0.39 is 0 Å². The van der Waals surface area contributed by atoms with Crippen LogP contribution in [0.4, 0.5) is 0 Å². The Morgan fingerprint density at radius 3 is 3.05 bits per heavy atom. The quantitative estimate of drug-likeness (QED) is 0.768. The van der Waals surface area contributed by atoms with Gasteiger partial charge in [0.15, 0.2) is 0 Å². The van der Waals surface area contributed by atoms with Gasteiger partial charge in [0.25, 0.3) is 0 Å². The first-order valence-corrected chi connectivity index (χ1v) is 8.67. The molecule has 0 bridgehead atoms. The monoisotopic (exact) mass is 361 g/mol. The van der Waals surface area contributed by atoms with Crippen molar-refractivity contribution in [2.24, 2.45) is 0 Å². The largest absolute Gasteiger partial charge is 0.313 e. The van der Waals surface area contributed by atoms with E-state index in [9.17, 15) is 0 Å². The summed E-state index contributed by atoms with van der Waals surface area (Å²) in [4.78, 5) is 1.31. The highest BCUT2D eigenvalue weighted by molar-refractivity contribution is 9.10. The Balaban J connectivity index is 1.87. The summed E-state index contributed by atoms with van der Waals surface area (Å²) in [6.07, 6.45) is 0. The molecule has 0 spiro atoms. The van der Waals surface area contributed by atoms with Gasteiger partial charge in [-0.2, -0.15) is 0 Å². The van der Waals surface area contributed by atoms with Crippen molar-refractivity contribution in [3.05, 3.63) is 20.8 Å². The molecule has 0 unspecified atom stereocenters. The molecule has 0 saturated carbocycles. The van der Waals surface area contributed by atoms with Crippen molar-refractivity contribution in [3.8, 4) is 0 Å². The van der Waals surface area contributed by atoms with Crippen LogP contribution in [-0.2, 0) is 12.3 Å². The SMILES string of the molecule is CC(C)NCCn1nnnc1SCc1sccc1Br. The number of tetrazole rings is 1. The van der Waals surface area contributed by atoms with Gasteiger partial charge in [0.1, 0.15) is 0 Å². The summed E-state index contributed by atoms with van der Waals surface area (Å²) in [7, 11) is 0. The van der Waals surface area contributed by atoms with E-state index in [2.05, 4.69) is 62.1 Å². The molecule has 2 heterocycles. The summed E-state index contributed by atoms with van der Waals surface area (Å²) in [5, 5.41) is 18.1. The van der Waals surface area contributed by atoms with Gasteiger partial charge in [0, 0.05) is 27.7 Å². The highest BCUT2D eigenvalue weighted by Crippen LogP contribution is 2.29. The van der Waals surface area contributed by atoms with Crippen LogP contribution in [0.1, 0.15) is 18.7 Å². The van der Waals surface area contributed by atoms with Crippen LogP contribution in [0, 0.1) is 0 Å². The standard InChI is InChI=1S/C11H16BrN5S2/c1-8(2)13-4-5-17-11(14-15-16-17)19-7-10-9(12)3-6-18-10/h3,6,8,13H,4-5,7H2,1-2H3. The molecule has 0 aliphatic rings. The number of aromatic nitrogens is 4. The molecule has 2 aromatic rings. The lowest BCUT2D eigenvalue weighted by molar-refractivity contribution is 0.485. The van der Waals surface area contributed by atoms with Crippen molar-refractivity contribution in [2.75, 3.05) is 6.54 Å². The number of nitrogens with one attached hydrogen (secondary N) is 1. The maximum Gasteiger partial charge on any atom is 0.209 e. The van der Waals surface area contributed by atoms with Crippen molar-refractivity contribution >= 4 is 39.0 Å². The van der Waals surface area contributed by atoms with Gasteiger partial charge < -0.3 is 5.32 Å². The predicted octanol–water partition coefficient (Wildman–Crippen LogP) is 2.79. The third kappa shape index (κ3) is 4.55. The van der Waals surface area contributed by atoms with Gasteiger partial charge in [-0.3, -0.25) is 0 Å². The molecule has 2 aromatic heterocycles. The molecule has 0 atom stereocenters. The van der Waals surface area contributed by atoms with Crippen LogP contribution >= 0.6 is 39.0 Å². The van der Waals surface area contributed by atoms with Gasteiger partial charge in [-0.15, -0.1) is 16.4 Å². The highest BCUT2D eigenvalue weighted by atomic mass is 79.9. The van der Waals surface area contributed by atoms with Gasteiger partial charge in [-0.25, -0.2) is 4.68 Å². The Morgan fingerprint density at radius 2 is 2.37 bits per heavy atom. The van der Waals surface area contributed by atoms with E-state index in [4.69, 9.17) is 0 Å². The molecular formula is C11H16BrN5S2. The molecule has 0 aliphatic carbocycles. The molecule has 0 aromatic carbocycles. The average molecular weight is 362 g/mol. The van der Waals surface area contributed by atoms with E-state index >= 15 is 0 Å². The fourth-order valence-corrected chi connectivity index (χ4v) is 4.16. The molecule has 0 radical (unpaired) electrons. The Hall–Kier alpha value is -0.440. The molecule has 0 aliphatic heterocycles. The van der Waals surface area contributed by atoms with Gasteiger partial charge in [0.2, 0.25) is 5.16 Å².